The lowest BCUT2D eigenvalue weighted by Gasteiger charge is -2.19. The van der Waals surface area contributed by atoms with Gasteiger partial charge in [-0.2, -0.15) is 5.10 Å². The summed E-state index contributed by atoms with van der Waals surface area (Å²) in [6.45, 7) is 7.55. The van der Waals surface area contributed by atoms with E-state index in [-0.39, 0.29) is 12.5 Å². The maximum absolute atomic E-state index is 14.5. The van der Waals surface area contributed by atoms with Crippen LogP contribution in [0.5, 0.6) is 0 Å². The molecule has 0 aliphatic heterocycles. The number of nitrogens with one attached hydrogen (secondary N) is 2. The topological polar surface area (TPSA) is 131 Å². The molecule has 0 aliphatic carbocycles. The maximum atomic E-state index is 14.5. The van der Waals surface area contributed by atoms with E-state index in [0.717, 1.165) is 5.56 Å². The first kappa shape index (κ1) is 25.9. The minimum Gasteiger partial charge on any atom is -0.481 e. The molecule has 3 aromatic heterocycles. The zero-order valence-electron chi connectivity index (χ0n) is 21.2. The lowest BCUT2D eigenvalue weighted by Crippen LogP contribution is -2.33. The number of carbonyl (C=O) groups excluding carboxylic acids is 1. The summed E-state index contributed by atoms with van der Waals surface area (Å²) in [6.07, 6.45) is 3.53. The van der Waals surface area contributed by atoms with Crippen LogP contribution in [0.2, 0.25) is 0 Å². The molecule has 4 aromatic rings. The second-order valence-electron chi connectivity index (χ2n) is 9.82. The molecule has 1 amide bonds. The Morgan fingerprint density at radius 2 is 2.03 bits per heavy atom. The summed E-state index contributed by atoms with van der Waals surface area (Å²) < 4.78 is 27.3. The quantitative estimate of drug-likeness (QED) is 0.290. The molecule has 1 atom stereocenters. The van der Waals surface area contributed by atoms with Gasteiger partial charge in [-0.25, -0.2) is 18.7 Å². The number of ether oxygens (including phenoxy) is 1. The molecule has 4 rings (SSSR count). The van der Waals surface area contributed by atoms with E-state index in [1.54, 1.807) is 49.8 Å². The SMILES string of the molecule is CC(Nc1ccn2ncc(CCC(=O)O)c2n1)c1cc(F)cc2cc(CCNC(=O)OC(C)(C)C)oc12. The molecule has 0 fully saturated rings. The number of aromatic nitrogens is 3. The molecule has 1 aromatic carbocycles. The van der Waals surface area contributed by atoms with Crippen LogP contribution < -0.4 is 10.6 Å². The molecule has 3 N–H and O–H groups in total. The Bertz CT molecular complexity index is 1440. The Morgan fingerprint density at radius 3 is 2.76 bits per heavy atom. The number of fused-ring (bicyclic) bond motifs is 2. The van der Waals surface area contributed by atoms with Crippen molar-refractivity contribution in [2.75, 3.05) is 11.9 Å². The number of benzene rings is 1. The van der Waals surface area contributed by atoms with Crippen LogP contribution in [0.3, 0.4) is 0 Å². The minimum absolute atomic E-state index is 0.0213. The third-order valence-corrected chi connectivity index (χ3v) is 5.58. The minimum atomic E-state index is -0.893. The average Bonchev–Trinajstić information content (AvgIpc) is 3.39. The van der Waals surface area contributed by atoms with Crippen LogP contribution in [0.1, 0.15) is 57.0 Å². The van der Waals surface area contributed by atoms with Crippen molar-refractivity contribution in [3.63, 3.8) is 0 Å². The van der Waals surface area contributed by atoms with Gasteiger partial charge < -0.3 is 24.9 Å². The third-order valence-electron chi connectivity index (χ3n) is 5.58. The first-order valence-electron chi connectivity index (χ1n) is 12.0. The number of anilines is 1. The van der Waals surface area contributed by atoms with E-state index in [0.29, 0.717) is 53.1 Å². The van der Waals surface area contributed by atoms with Gasteiger partial charge in [0.25, 0.3) is 0 Å². The molecule has 0 radical (unpaired) electrons. The first-order valence-corrected chi connectivity index (χ1v) is 12.0. The van der Waals surface area contributed by atoms with E-state index in [2.05, 4.69) is 20.7 Å². The van der Waals surface area contributed by atoms with Crippen molar-refractivity contribution in [3.05, 3.63) is 59.4 Å². The predicted molar refractivity (Wildman–Crippen MR) is 135 cm³/mol. The number of halogens is 1. The van der Waals surface area contributed by atoms with Gasteiger partial charge in [0.2, 0.25) is 0 Å². The van der Waals surface area contributed by atoms with Gasteiger partial charge in [0.15, 0.2) is 5.65 Å². The van der Waals surface area contributed by atoms with Gasteiger partial charge in [0.05, 0.1) is 12.2 Å². The molecule has 0 saturated heterocycles. The van der Waals surface area contributed by atoms with Crippen molar-refractivity contribution in [3.8, 4) is 0 Å². The number of alkyl carbamates (subject to hydrolysis) is 1. The van der Waals surface area contributed by atoms with Crippen molar-refractivity contribution in [2.45, 2.75) is 58.6 Å². The standard InChI is InChI=1S/C26H30FN5O5/c1-15(30-21-8-10-32-24(31-21)16(14-29-32)5-6-22(33)34)20-13-18(27)11-17-12-19(36-23(17)20)7-9-28-25(35)37-26(2,3)4/h8,10-15H,5-7,9H2,1-4H3,(H,28,35)(H,30,31)(H,33,34). The number of amides is 1. The Labute approximate surface area is 212 Å². The van der Waals surface area contributed by atoms with Crippen molar-refractivity contribution in [1.29, 1.82) is 0 Å². The normalized spacial score (nSPS) is 12.6. The lowest BCUT2D eigenvalue weighted by atomic mass is 10.1. The molecule has 10 nitrogen and oxygen atoms in total. The fraction of sp³-hybridized carbons (Fsp3) is 0.385. The molecule has 37 heavy (non-hydrogen) atoms. The molecular weight excluding hydrogens is 481 g/mol. The van der Waals surface area contributed by atoms with Gasteiger partial charge in [-0.05, 0) is 58.4 Å². The van der Waals surface area contributed by atoms with E-state index in [1.807, 2.05) is 6.92 Å². The van der Waals surface area contributed by atoms with Gasteiger partial charge >= 0.3 is 12.1 Å². The summed E-state index contributed by atoms with van der Waals surface area (Å²) in [5, 5.41) is 19.8. The third kappa shape index (κ3) is 6.54. The molecule has 1 unspecified atom stereocenters. The molecule has 196 valence electrons. The van der Waals surface area contributed by atoms with Crippen LogP contribution >= 0.6 is 0 Å². The monoisotopic (exact) mass is 511 g/mol. The average molecular weight is 512 g/mol. The second kappa shape index (κ2) is 10.5. The Hall–Kier alpha value is -4.15. The molecule has 0 spiro atoms. The molecule has 0 aliphatic rings. The number of hydrogen-bond acceptors (Lipinski definition) is 7. The smallest absolute Gasteiger partial charge is 0.407 e. The zero-order chi connectivity index (χ0) is 26.7. The van der Waals surface area contributed by atoms with E-state index in [1.165, 1.54) is 12.1 Å². The van der Waals surface area contributed by atoms with Crippen LogP contribution in [0.25, 0.3) is 16.6 Å². The Kier molecular flexibility index (Phi) is 7.33. The number of carboxylic acids is 1. The van der Waals surface area contributed by atoms with Crippen LogP contribution in [-0.2, 0) is 22.4 Å². The number of hydrogen-bond donors (Lipinski definition) is 3. The van der Waals surface area contributed by atoms with Crippen LogP contribution in [-0.4, -0.2) is 43.9 Å². The predicted octanol–water partition coefficient (Wildman–Crippen LogP) is 4.87. The number of furan rings is 1. The highest BCUT2D eigenvalue weighted by atomic mass is 19.1. The molecule has 0 saturated carbocycles. The van der Waals surface area contributed by atoms with Gasteiger partial charge in [-0.3, -0.25) is 4.79 Å². The number of rotatable bonds is 9. The number of nitrogens with zero attached hydrogens (tertiary/aromatic N) is 3. The summed E-state index contributed by atoms with van der Waals surface area (Å²) in [5.74, 6) is -0.156. The van der Waals surface area contributed by atoms with Crippen molar-refractivity contribution in [1.82, 2.24) is 19.9 Å². The number of carboxylic acid groups (broad SMARTS) is 1. The summed E-state index contributed by atoms with van der Waals surface area (Å²) >= 11 is 0. The van der Waals surface area contributed by atoms with Crippen LogP contribution in [0, 0.1) is 5.82 Å². The maximum Gasteiger partial charge on any atom is 0.407 e. The zero-order valence-corrected chi connectivity index (χ0v) is 21.2. The van der Waals surface area contributed by atoms with Gasteiger partial charge in [0, 0.05) is 42.1 Å². The molecule has 11 heteroatoms. The highest BCUT2D eigenvalue weighted by molar-refractivity contribution is 5.82. The van der Waals surface area contributed by atoms with E-state index >= 15 is 0 Å². The first-order chi connectivity index (χ1) is 17.5. The fourth-order valence-electron chi connectivity index (χ4n) is 3.96. The van der Waals surface area contributed by atoms with E-state index in [4.69, 9.17) is 14.3 Å². The molecular formula is C26H30FN5O5. The fourth-order valence-corrected chi connectivity index (χ4v) is 3.96. The van der Waals surface area contributed by atoms with Gasteiger partial charge in [-0.1, -0.05) is 0 Å². The molecule has 3 heterocycles. The largest absolute Gasteiger partial charge is 0.481 e. The van der Waals surface area contributed by atoms with Crippen LogP contribution in [0.4, 0.5) is 15.0 Å². The Morgan fingerprint density at radius 1 is 1.24 bits per heavy atom. The Balaban J connectivity index is 1.50. The van der Waals surface area contributed by atoms with Crippen LogP contribution in [0.15, 0.2) is 41.1 Å². The second-order valence-corrected chi connectivity index (χ2v) is 9.82. The highest BCUT2D eigenvalue weighted by Crippen LogP contribution is 2.30. The van der Waals surface area contributed by atoms with Gasteiger partial charge in [-0.15, -0.1) is 0 Å². The lowest BCUT2D eigenvalue weighted by molar-refractivity contribution is -0.136. The number of aryl methyl sites for hydroxylation is 1. The van der Waals surface area contributed by atoms with Crippen molar-refractivity contribution < 1.29 is 28.2 Å². The number of aliphatic carboxylic acids is 1. The molecule has 0 bridgehead atoms. The summed E-state index contributed by atoms with van der Waals surface area (Å²) in [4.78, 5) is 27.4. The summed E-state index contributed by atoms with van der Waals surface area (Å²) in [7, 11) is 0. The summed E-state index contributed by atoms with van der Waals surface area (Å²) in [6, 6.07) is 5.96. The van der Waals surface area contributed by atoms with Crippen molar-refractivity contribution in [2.24, 2.45) is 0 Å². The van der Waals surface area contributed by atoms with Crippen molar-refractivity contribution >= 4 is 34.5 Å². The highest BCUT2D eigenvalue weighted by Gasteiger charge is 2.19. The van der Waals surface area contributed by atoms with Gasteiger partial charge in [0.1, 0.15) is 28.6 Å². The van der Waals surface area contributed by atoms with E-state index in [9.17, 15) is 14.0 Å². The number of carbonyl (C=O) groups is 2. The summed E-state index contributed by atoms with van der Waals surface area (Å²) in [5.41, 5.74) is 1.85. The van der Waals surface area contributed by atoms with E-state index < -0.39 is 23.5 Å².